The number of hydrogen-bond acceptors (Lipinski definition) is 2. The van der Waals surface area contributed by atoms with E-state index in [1.165, 1.54) is 0 Å². The fraction of sp³-hybridized carbons (Fsp3) is 0. The molecule has 1 rings (SSSR count). The molecule has 0 amide bonds. The molecule has 4 heteroatoms. The predicted molar refractivity (Wildman–Crippen MR) is 25.8 cm³/mol. The quantitative estimate of drug-likeness (QED) is 0.534. The van der Waals surface area contributed by atoms with E-state index in [0.29, 0.717) is 6.07 Å². The van der Waals surface area contributed by atoms with Gasteiger partial charge in [0, 0.05) is 6.07 Å². The zero-order valence-electron chi connectivity index (χ0n) is 4.31. The molecule has 9 heavy (non-hydrogen) atoms. The van der Waals surface area contributed by atoms with Crippen LogP contribution in [0.25, 0.3) is 0 Å². The van der Waals surface area contributed by atoms with Crippen molar-refractivity contribution in [2.75, 3.05) is 0 Å². The second-order valence-corrected chi connectivity index (χ2v) is 1.47. The summed E-state index contributed by atoms with van der Waals surface area (Å²) < 4.78 is 23.9. The summed E-state index contributed by atoms with van der Waals surface area (Å²) in [6.07, 6.45) is 0.832. The van der Waals surface area contributed by atoms with Crippen LogP contribution in [0, 0.1) is 11.8 Å². The molecule has 0 aliphatic carbocycles. The van der Waals surface area contributed by atoms with Gasteiger partial charge in [-0.05, 0) is 0 Å². The van der Waals surface area contributed by atoms with Crippen LogP contribution in [0.15, 0.2) is 12.3 Å². The Morgan fingerprint density at radius 1 is 1.44 bits per heavy atom. The van der Waals surface area contributed by atoms with E-state index in [9.17, 15) is 8.78 Å². The Bertz CT molecular complexity index is 226. The minimum Gasteiger partial charge on any atom is -0.506 e. The van der Waals surface area contributed by atoms with Crippen molar-refractivity contribution in [3.8, 4) is 5.75 Å². The Morgan fingerprint density at radius 3 is 2.56 bits per heavy atom. The van der Waals surface area contributed by atoms with E-state index in [1.807, 2.05) is 0 Å². The highest BCUT2D eigenvalue weighted by molar-refractivity contribution is 5.15. The molecule has 0 fully saturated rings. The van der Waals surface area contributed by atoms with Crippen molar-refractivity contribution in [2.45, 2.75) is 0 Å². The van der Waals surface area contributed by atoms with Crippen LogP contribution in [0.2, 0.25) is 0 Å². The van der Waals surface area contributed by atoms with Crippen molar-refractivity contribution in [2.24, 2.45) is 0 Å². The highest BCUT2D eigenvalue weighted by Crippen LogP contribution is 2.09. The SMILES string of the molecule is Oc1cnc(F)c(F)c1. The van der Waals surface area contributed by atoms with Crippen molar-refractivity contribution < 1.29 is 13.9 Å². The second-order valence-electron chi connectivity index (χ2n) is 1.47. The first-order valence-corrected chi connectivity index (χ1v) is 2.20. The molecule has 0 aromatic carbocycles. The van der Waals surface area contributed by atoms with Crippen molar-refractivity contribution in [3.05, 3.63) is 24.0 Å². The number of rotatable bonds is 0. The smallest absolute Gasteiger partial charge is 0.249 e. The Morgan fingerprint density at radius 2 is 2.11 bits per heavy atom. The van der Waals surface area contributed by atoms with Crippen LogP contribution in [0.1, 0.15) is 0 Å². The zero-order valence-corrected chi connectivity index (χ0v) is 4.31. The third-order valence-electron chi connectivity index (χ3n) is 0.782. The summed E-state index contributed by atoms with van der Waals surface area (Å²) >= 11 is 0. The minimum atomic E-state index is -1.20. The van der Waals surface area contributed by atoms with Crippen LogP contribution in [0.3, 0.4) is 0 Å². The van der Waals surface area contributed by atoms with E-state index in [2.05, 4.69) is 4.98 Å². The first-order chi connectivity index (χ1) is 4.20. The van der Waals surface area contributed by atoms with Gasteiger partial charge in [-0.15, -0.1) is 0 Å². The van der Waals surface area contributed by atoms with Gasteiger partial charge in [0.05, 0.1) is 6.20 Å². The van der Waals surface area contributed by atoms with E-state index in [0.717, 1.165) is 6.20 Å². The van der Waals surface area contributed by atoms with E-state index >= 15 is 0 Å². The van der Waals surface area contributed by atoms with Crippen LogP contribution in [-0.2, 0) is 0 Å². The van der Waals surface area contributed by atoms with Crippen LogP contribution in [-0.4, -0.2) is 10.1 Å². The number of aromatic nitrogens is 1. The molecule has 0 aliphatic rings. The van der Waals surface area contributed by atoms with Gasteiger partial charge in [-0.1, -0.05) is 0 Å². The second kappa shape index (κ2) is 1.97. The average molecular weight is 131 g/mol. The van der Waals surface area contributed by atoms with Gasteiger partial charge in [0.1, 0.15) is 5.75 Å². The van der Waals surface area contributed by atoms with Gasteiger partial charge in [-0.3, -0.25) is 0 Å². The molecule has 48 valence electrons. The fourth-order valence-corrected chi connectivity index (χ4v) is 0.411. The summed E-state index contributed by atoms with van der Waals surface area (Å²) in [6, 6.07) is 0.655. The van der Waals surface area contributed by atoms with Gasteiger partial charge in [0.2, 0.25) is 5.95 Å². The number of nitrogens with zero attached hydrogens (tertiary/aromatic N) is 1. The lowest BCUT2D eigenvalue weighted by Gasteiger charge is -1.90. The molecule has 2 nitrogen and oxygen atoms in total. The first-order valence-electron chi connectivity index (χ1n) is 2.20. The monoisotopic (exact) mass is 131 g/mol. The van der Waals surface area contributed by atoms with Crippen molar-refractivity contribution in [3.63, 3.8) is 0 Å². The van der Waals surface area contributed by atoms with Gasteiger partial charge in [-0.25, -0.2) is 9.37 Å². The predicted octanol–water partition coefficient (Wildman–Crippen LogP) is 1.07. The van der Waals surface area contributed by atoms with Crippen LogP contribution in [0.4, 0.5) is 8.78 Å². The third kappa shape index (κ3) is 1.13. The Labute approximate surface area is 49.8 Å². The lowest BCUT2D eigenvalue weighted by Crippen LogP contribution is -1.85. The van der Waals surface area contributed by atoms with Crippen molar-refractivity contribution in [1.29, 1.82) is 0 Å². The summed E-state index contributed by atoms with van der Waals surface area (Å²) in [5.74, 6) is -2.73. The van der Waals surface area contributed by atoms with Crippen LogP contribution >= 0.6 is 0 Å². The van der Waals surface area contributed by atoms with Gasteiger partial charge in [-0.2, -0.15) is 4.39 Å². The molecule has 0 bridgehead atoms. The molecule has 0 aliphatic heterocycles. The van der Waals surface area contributed by atoms with E-state index in [1.54, 1.807) is 0 Å². The molecule has 0 atom stereocenters. The topological polar surface area (TPSA) is 33.1 Å². The Balaban J connectivity index is 3.17. The Kier molecular flexibility index (Phi) is 1.30. The third-order valence-corrected chi connectivity index (χ3v) is 0.782. The van der Waals surface area contributed by atoms with Crippen LogP contribution < -0.4 is 0 Å². The number of aromatic hydroxyl groups is 1. The maximum absolute atomic E-state index is 12.0. The van der Waals surface area contributed by atoms with E-state index in [-0.39, 0.29) is 5.75 Å². The fourth-order valence-electron chi connectivity index (χ4n) is 0.411. The molecular formula is C5H3F2NO. The molecule has 1 aromatic heterocycles. The van der Waals surface area contributed by atoms with Gasteiger partial charge in [0.15, 0.2) is 5.82 Å². The summed E-state index contributed by atoms with van der Waals surface area (Å²) in [7, 11) is 0. The molecule has 0 radical (unpaired) electrons. The summed E-state index contributed by atoms with van der Waals surface area (Å²) in [5.41, 5.74) is 0. The highest BCUT2D eigenvalue weighted by Gasteiger charge is 2.00. The maximum atomic E-state index is 12.0. The van der Waals surface area contributed by atoms with Gasteiger partial charge in [0.25, 0.3) is 0 Å². The molecule has 1 aromatic rings. The summed E-state index contributed by atoms with van der Waals surface area (Å²) in [6.45, 7) is 0. The van der Waals surface area contributed by atoms with Gasteiger partial charge >= 0.3 is 0 Å². The summed E-state index contributed by atoms with van der Waals surface area (Å²) in [5, 5.41) is 8.47. The lowest BCUT2D eigenvalue weighted by atomic mass is 10.4. The minimum absolute atomic E-state index is 0.381. The molecule has 1 N–H and O–H groups in total. The zero-order chi connectivity index (χ0) is 6.85. The largest absolute Gasteiger partial charge is 0.506 e. The number of pyridine rings is 1. The number of hydrogen-bond donors (Lipinski definition) is 1. The normalized spacial score (nSPS) is 9.56. The average Bonchev–Trinajstić information content (AvgIpc) is 1.80. The molecular weight excluding hydrogens is 128 g/mol. The first kappa shape index (κ1) is 5.94. The lowest BCUT2D eigenvalue weighted by molar-refractivity contribution is 0.437. The molecule has 0 spiro atoms. The molecule has 1 heterocycles. The molecule has 0 saturated carbocycles. The van der Waals surface area contributed by atoms with E-state index in [4.69, 9.17) is 5.11 Å². The van der Waals surface area contributed by atoms with Crippen molar-refractivity contribution in [1.82, 2.24) is 4.98 Å². The van der Waals surface area contributed by atoms with E-state index < -0.39 is 11.8 Å². The van der Waals surface area contributed by atoms with Crippen LogP contribution in [0.5, 0.6) is 5.75 Å². The molecule has 0 saturated heterocycles. The Hall–Kier alpha value is -1.19. The standard InChI is InChI=1S/C5H3F2NO/c6-4-1-3(9)2-8-5(4)7/h1-2,9H. The summed E-state index contributed by atoms with van der Waals surface area (Å²) in [4.78, 5) is 2.89. The highest BCUT2D eigenvalue weighted by atomic mass is 19.2. The van der Waals surface area contributed by atoms with Crippen molar-refractivity contribution >= 4 is 0 Å². The molecule has 0 unspecified atom stereocenters. The number of halogens is 2. The maximum Gasteiger partial charge on any atom is 0.249 e. The van der Waals surface area contributed by atoms with Gasteiger partial charge < -0.3 is 5.11 Å².